The van der Waals surface area contributed by atoms with Crippen LogP contribution in [-0.2, 0) is 0 Å². The van der Waals surface area contributed by atoms with Gasteiger partial charge in [0.25, 0.3) is 0 Å². The van der Waals surface area contributed by atoms with Crippen molar-refractivity contribution in [1.29, 1.82) is 0 Å². The molecular weight excluding hydrogens is 172 g/mol. The molecule has 5 heteroatoms. The van der Waals surface area contributed by atoms with Crippen LogP contribution in [0.3, 0.4) is 0 Å². The van der Waals surface area contributed by atoms with Gasteiger partial charge in [-0.05, 0) is 0 Å². The molecule has 0 aliphatic carbocycles. The van der Waals surface area contributed by atoms with E-state index in [0.29, 0.717) is 0 Å². The lowest BCUT2D eigenvalue weighted by Gasteiger charge is -2.02. The standard InChI is InChI=1S/C8H6N2O3/c1-2-5-13-7-6(8(11)12)9-3-4-10-7/h1,3-4H,5H2,(H,11,12). The van der Waals surface area contributed by atoms with Crippen LogP contribution in [0.25, 0.3) is 0 Å². The van der Waals surface area contributed by atoms with Gasteiger partial charge in [0.05, 0.1) is 0 Å². The summed E-state index contributed by atoms with van der Waals surface area (Å²) in [5.41, 5.74) is -0.238. The average molecular weight is 178 g/mol. The monoisotopic (exact) mass is 178 g/mol. The lowest BCUT2D eigenvalue weighted by atomic mass is 10.4. The number of carbonyl (C=O) groups is 1. The van der Waals surface area contributed by atoms with Crippen LogP contribution in [0.4, 0.5) is 0 Å². The van der Waals surface area contributed by atoms with Gasteiger partial charge in [-0.2, -0.15) is 0 Å². The van der Waals surface area contributed by atoms with Crippen molar-refractivity contribution in [2.24, 2.45) is 0 Å². The molecule has 1 rings (SSSR count). The third kappa shape index (κ3) is 2.17. The fraction of sp³-hybridized carbons (Fsp3) is 0.125. The molecule has 0 radical (unpaired) electrons. The third-order valence-electron chi connectivity index (χ3n) is 1.16. The zero-order valence-corrected chi connectivity index (χ0v) is 6.60. The van der Waals surface area contributed by atoms with Crippen molar-refractivity contribution >= 4 is 5.97 Å². The number of carboxylic acid groups (broad SMARTS) is 1. The van der Waals surface area contributed by atoms with E-state index in [-0.39, 0.29) is 18.2 Å². The summed E-state index contributed by atoms with van der Waals surface area (Å²) in [4.78, 5) is 17.8. The summed E-state index contributed by atoms with van der Waals surface area (Å²) < 4.78 is 4.86. The first-order valence-electron chi connectivity index (χ1n) is 3.36. The molecule has 0 atom stereocenters. The number of terminal acetylenes is 1. The topological polar surface area (TPSA) is 72.3 Å². The minimum Gasteiger partial charge on any atom is -0.476 e. The lowest BCUT2D eigenvalue weighted by molar-refractivity contribution is 0.0685. The molecule has 1 N–H and O–H groups in total. The van der Waals surface area contributed by atoms with Crippen LogP contribution in [0, 0.1) is 12.3 Å². The maximum Gasteiger partial charge on any atom is 0.360 e. The van der Waals surface area contributed by atoms with Crippen molar-refractivity contribution in [3.63, 3.8) is 0 Å². The van der Waals surface area contributed by atoms with Gasteiger partial charge in [-0.15, -0.1) is 6.42 Å². The van der Waals surface area contributed by atoms with Gasteiger partial charge in [0, 0.05) is 12.4 Å². The van der Waals surface area contributed by atoms with E-state index in [2.05, 4.69) is 15.9 Å². The summed E-state index contributed by atoms with van der Waals surface area (Å²) >= 11 is 0. The molecule has 1 aromatic rings. The quantitative estimate of drug-likeness (QED) is 0.668. The highest BCUT2D eigenvalue weighted by atomic mass is 16.5. The molecule has 0 aromatic carbocycles. The maximum absolute atomic E-state index is 10.6. The second-order valence-electron chi connectivity index (χ2n) is 2.01. The fourth-order valence-electron chi connectivity index (χ4n) is 0.688. The zero-order valence-electron chi connectivity index (χ0n) is 6.60. The summed E-state index contributed by atoms with van der Waals surface area (Å²) in [5.74, 6) is 0.943. The van der Waals surface area contributed by atoms with Crippen molar-refractivity contribution in [3.8, 4) is 18.2 Å². The van der Waals surface area contributed by atoms with E-state index in [4.69, 9.17) is 16.3 Å². The number of hydrogen-bond acceptors (Lipinski definition) is 4. The predicted molar refractivity (Wildman–Crippen MR) is 43.3 cm³/mol. The van der Waals surface area contributed by atoms with Gasteiger partial charge >= 0.3 is 5.97 Å². The highest BCUT2D eigenvalue weighted by Crippen LogP contribution is 2.10. The number of carboxylic acids is 1. The largest absolute Gasteiger partial charge is 0.476 e. The van der Waals surface area contributed by atoms with E-state index in [1.807, 2.05) is 0 Å². The van der Waals surface area contributed by atoms with Gasteiger partial charge in [0.1, 0.15) is 0 Å². The van der Waals surface area contributed by atoms with E-state index in [1.54, 1.807) is 0 Å². The number of rotatable bonds is 3. The van der Waals surface area contributed by atoms with Gasteiger partial charge in [0.2, 0.25) is 11.6 Å². The SMILES string of the molecule is C#CCOc1nccnc1C(=O)O. The highest BCUT2D eigenvalue weighted by molar-refractivity contribution is 5.87. The molecule has 0 saturated carbocycles. The van der Waals surface area contributed by atoms with Crippen LogP contribution in [0.2, 0.25) is 0 Å². The van der Waals surface area contributed by atoms with Crippen LogP contribution in [0.15, 0.2) is 12.4 Å². The van der Waals surface area contributed by atoms with Crippen molar-refractivity contribution in [1.82, 2.24) is 9.97 Å². The molecule has 5 nitrogen and oxygen atoms in total. The first-order valence-corrected chi connectivity index (χ1v) is 3.36. The molecule has 0 aliphatic heterocycles. The van der Waals surface area contributed by atoms with Crippen molar-refractivity contribution in [3.05, 3.63) is 18.1 Å². The summed E-state index contributed by atoms with van der Waals surface area (Å²) in [6, 6.07) is 0. The molecule has 0 spiro atoms. The molecule has 1 aromatic heterocycles. The van der Waals surface area contributed by atoms with E-state index in [9.17, 15) is 4.79 Å². The summed E-state index contributed by atoms with van der Waals surface area (Å²) in [6.07, 6.45) is 7.53. The number of nitrogens with zero attached hydrogens (tertiary/aromatic N) is 2. The number of ether oxygens (including phenoxy) is 1. The molecule has 13 heavy (non-hydrogen) atoms. The molecule has 66 valence electrons. The molecule has 1 heterocycles. The van der Waals surface area contributed by atoms with Gasteiger partial charge in [-0.25, -0.2) is 14.8 Å². The Balaban J connectivity index is 2.92. The van der Waals surface area contributed by atoms with Gasteiger partial charge in [0.15, 0.2) is 6.61 Å². The van der Waals surface area contributed by atoms with Gasteiger partial charge < -0.3 is 9.84 Å². The van der Waals surface area contributed by atoms with E-state index < -0.39 is 5.97 Å². The minimum absolute atomic E-state index is 0.0288. The van der Waals surface area contributed by atoms with E-state index in [0.717, 1.165) is 0 Å². The normalized spacial score (nSPS) is 8.85. The number of aromatic nitrogens is 2. The Bertz CT molecular complexity index is 357. The third-order valence-corrected chi connectivity index (χ3v) is 1.16. The molecule has 0 saturated heterocycles. The second-order valence-corrected chi connectivity index (χ2v) is 2.01. The Labute approximate surface area is 74.4 Å². The Kier molecular flexibility index (Phi) is 2.82. The Hall–Kier alpha value is -2.09. The van der Waals surface area contributed by atoms with Crippen molar-refractivity contribution in [2.45, 2.75) is 0 Å². The van der Waals surface area contributed by atoms with Crippen molar-refractivity contribution < 1.29 is 14.6 Å². The Morgan fingerprint density at radius 1 is 1.62 bits per heavy atom. The zero-order chi connectivity index (χ0) is 9.68. The Morgan fingerprint density at radius 3 is 2.92 bits per heavy atom. The molecule has 0 amide bonds. The first-order chi connectivity index (χ1) is 6.25. The summed E-state index contributed by atoms with van der Waals surface area (Å²) in [7, 11) is 0. The smallest absolute Gasteiger partial charge is 0.360 e. The van der Waals surface area contributed by atoms with Crippen LogP contribution >= 0.6 is 0 Å². The average Bonchev–Trinajstić information content (AvgIpc) is 2.15. The second kappa shape index (κ2) is 4.07. The van der Waals surface area contributed by atoms with E-state index in [1.165, 1.54) is 12.4 Å². The van der Waals surface area contributed by atoms with Crippen molar-refractivity contribution in [2.75, 3.05) is 6.61 Å². The molecule has 0 bridgehead atoms. The molecule has 0 unspecified atom stereocenters. The van der Waals surface area contributed by atoms with Crippen LogP contribution in [-0.4, -0.2) is 27.7 Å². The van der Waals surface area contributed by atoms with Gasteiger partial charge in [-0.1, -0.05) is 5.92 Å². The number of aromatic carboxylic acids is 1. The molecule has 0 aliphatic rings. The van der Waals surface area contributed by atoms with Crippen LogP contribution in [0.5, 0.6) is 5.88 Å². The Morgan fingerprint density at radius 2 is 2.31 bits per heavy atom. The highest BCUT2D eigenvalue weighted by Gasteiger charge is 2.12. The predicted octanol–water partition coefficient (Wildman–Crippen LogP) is 0.187. The summed E-state index contributed by atoms with van der Waals surface area (Å²) in [6.45, 7) is -0.0288. The van der Waals surface area contributed by atoms with E-state index >= 15 is 0 Å². The maximum atomic E-state index is 10.6. The molecular formula is C8H6N2O3. The van der Waals surface area contributed by atoms with Crippen LogP contribution in [0.1, 0.15) is 10.5 Å². The number of hydrogen-bond donors (Lipinski definition) is 1. The minimum atomic E-state index is -1.19. The van der Waals surface area contributed by atoms with Gasteiger partial charge in [-0.3, -0.25) is 0 Å². The lowest BCUT2D eigenvalue weighted by Crippen LogP contribution is -2.07. The first kappa shape index (κ1) is 9.00. The van der Waals surface area contributed by atoms with Crippen LogP contribution < -0.4 is 4.74 Å². The molecule has 0 fully saturated rings. The fourth-order valence-corrected chi connectivity index (χ4v) is 0.688. The summed E-state index contributed by atoms with van der Waals surface area (Å²) in [5, 5.41) is 8.63.